The van der Waals surface area contributed by atoms with Crippen LogP contribution in [0.5, 0.6) is 11.5 Å². The van der Waals surface area contributed by atoms with Crippen LogP contribution in [0.1, 0.15) is 35.7 Å². The highest BCUT2D eigenvalue weighted by atomic mass is 32.1. The average molecular weight is 345 g/mol. The highest BCUT2D eigenvalue weighted by Gasteiger charge is 2.30. The lowest BCUT2D eigenvalue weighted by Crippen LogP contribution is -2.30. The molecule has 0 N–H and O–H groups in total. The monoisotopic (exact) mass is 345 g/mol. The summed E-state index contributed by atoms with van der Waals surface area (Å²) in [5, 5.41) is 2.06. The molecule has 5 heteroatoms. The number of hydrogen-bond acceptors (Lipinski definition) is 4. The number of aryl methyl sites for hydroxylation is 1. The van der Waals surface area contributed by atoms with Crippen LogP contribution in [-0.4, -0.2) is 31.6 Å². The molecule has 24 heavy (non-hydrogen) atoms. The molecule has 1 aromatic heterocycles. The third-order valence-corrected chi connectivity index (χ3v) is 5.47. The fourth-order valence-electron chi connectivity index (χ4n) is 3.30. The number of carbonyl (C=O) groups excluding carboxylic acids is 1. The van der Waals surface area contributed by atoms with Crippen LogP contribution in [0.25, 0.3) is 0 Å². The molecule has 1 fully saturated rings. The van der Waals surface area contributed by atoms with Crippen LogP contribution in [-0.2, 0) is 11.2 Å². The van der Waals surface area contributed by atoms with Gasteiger partial charge in [-0.15, -0.1) is 11.3 Å². The molecule has 0 bridgehead atoms. The quantitative estimate of drug-likeness (QED) is 0.792. The van der Waals surface area contributed by atoms with E-state index < -0.39 is 0 Å². The number of carbonyl (C=O) groups is 1. The number of hydrogen-bond donors (Lipinski definition) is 0. The van der Waals surface area contributed by atoms with Crippen LogP contribution in [0, 0.1) is 0 Å². The largest absolute Gasteiger partial charge is 0.493 e. The standard InChI is InChI=1S/C19H23NO3S/c1-22-17-9-7-14(13-18(17)23-2)16-6-3-11-20(16)19(21)10-8-15-5-4-12-24-15/h4-5,7,9,12-13,16H,3,6,8,10-11H2,1-2H3. The predicted octanol–water partition coefficient (Wildman–Crippen LogP) is 4.06. The first-order valence-corrected chi connectivity index (χ1v) is 9.14. The van der Waals surface area contributed by atoms with Gasteiger partial charge in [0.05, 0.1) is 20.3 Å². The molecule has 128 valence electrons. The van der Waals surface area contributed by atoms with Gasteiger partial charge in [0.15, 0.2) is 11.5 Å². The van der Waals surface area contributed by atoms with Gasteiger partial charge in [0.2, 0.25) is 5.91 Å². The molecule has 0 saturated carbocycles. The van der Waals surface area contributed by atoms with E-state index in [-0.39, 0.29) is 11.9 Å². The van der Waals surface area contributed by atoms with Gasteiger partial charge in [-0.1, -0.05) is 12.1 Å². The highest BCUT2D eigenvalue weighted by molar-refractivity contribution is 7.09. The molecule has 0 radical (unpaired) electrons. The van der Waals surface area contributed by atoms with E-state index in [4.69, 9.17) is 9.47 Å². The molecule has 4 nitrogen and oxygen atoms in total. The number of methoxy groups -OCH3 is 2. The van der Waals surface area contributed by atoms with Crippen LogP contribution in [0.15, 0.2) is 35.7 Å². The maximum absolute atomic E-state index is 12.7. The van der Waals surface area contributed by atoms with E-state index in [9.17, 15) is 4.79 Å². The second-order valence-electron chi connectivity index (χ2n) is 5.94. The Kier molecular flexibility index (Phi) is 5.41. The Labute approximate surface area is 147 Å². The Bertz CT molecular complexity index is 684. The van der Waals surface area contributed by atoms with Crippen LogP contribution in [0.2, 0.25) is 0 Å². The first kappa shape index (κ1) is 16.8. The first-order valence-electron chi connectivity index (χ1n) is 8.26. The molecule has 3 rings (SSSR count). The van der Waals surface area contributed by atoms with Crippen LogP contribution in [0.3, 0.4) is 0 Å². The number of ether oxygens (including phenoxy) is 2. The van der Waals surface area contributed by atoms with Crippen molar-refractivity contribution in [3.63, 3.8) is 0 Å². The van der Waals surface area contributed by atoms with Gasteiger partial charge in [-0.25, -0.2) is 0 Å². The second-order valence-corrected chi connectivity index (χ2v) is 6.97. The van der Waals surface area contributed by atoms with E-state index in [1.165, 1.54) is 4.88 Å². The topological polar surface area (TPSA) is 38.8 Å². The van der Waals surface area contributed by atoms with Crippen LogP contribution < -0.4 is 9.47 Å². The summed E-state index contributed by atoms with van der Waals surface area (Å²) in [5.74, 6) is 1.67. The van der Waals surface area contributed by atoms with Crippen molar-refractivity contribution in [1.29, 1.82) is 0 Å². The van der Waals surface area contributed by atoms with Crippen molar-refractivity contribution >= 4 is 17.2 Å². The van der Waals surface area contributed by atoms with Gasteiger partial charge in [0, 0.05) is 17.8 Å². The molecule has 1 amide bonds. The van der Waals surface area contributed by atoms with E-state index in [0.717, 1.165) is 37.1 Å². The summed E-state index contributed by atoms with van der Waals surface area (Å²) < 4.78 is 10.7. The number of nitrogens with zero attached hydrogens (tertiary/aromatic N) is 1. The zero-order chi connectivity index (χ0) is 16.9. The van der Waals surface area contributed by atoms with E-state index in [2.05, 4.69) is 11.4 Å². The van der Waals surface area contributed by atoms with Crippen molar-refractivity contribution in [2.45, 2.75) is 31.7 Å². The number of benzene rings is 1. The zero-order valence-corrected chi connectivity index (χ0v) is 15.0. The summed E-state index contributed by atoms with van der Waals surface area (Å²) in [7, 11) is 3.27. The Hall–Kier alpha value is -2.01. The lowest BCUT2D eigenvalue weighted by molar-refractivity contribution is -0.132. The van der Waals surface area contributed by atoms with Crippen molar-refractivity contribution < 1.29 is 14.3 Å². The third kappa shape index (κ3) is 3.56. The molecular weight excluding hydrogens is 322 g/mol. The van der Waals surface area contributed by atoms with Gasteiger partial charge in [0.1, 0.15) is 0 Å². The molecular formula is C19H23NO3S. The van der Waals surface area contributed by atoms with Crippen LogP contribution >= 0.6 is 11.3 Å². The van der Waals surface area contributed by atoms with Crippen molar-refractivity contribution in [1.82, 2.24) is 4.90 Å². The lowest BCUT2D eigenvalue weighted by atomic mass is 10.0. The fourth-order valence-corrected chi connectivity index (χ4v) is 4.01. The van der Waals surface area contributed by atoms with E-state index in [0.29, 0.717) is 12.2 Å². The maximum Gasteiger partial charge on any atom is 0.223 e. The summed E-state index contributed by atoms with van der Waals surface area (Å²) in [6, 6.07) is 10.2. The molecule has 0 spiro atoms. The van der Waals surface area contributed by atoms with E-state index in [1.807, 2.05) is 29.2 Å². The molecule has 1 saturated heterocycles. The molecule has 2 aromatic rings. The number of amides is 1. The minimum atomic E-state index is 0.139. The number of thiophene rings is 1. The Morgan fingerprint density at radius 3 is 2.79 bits per heavy atom. The van der Waals surface area contributed by atoms with Gasteiger partial charge in [-0.2, -0.15) is 0 Å². The minimum absolute atomic E-state index is 0.139. The van der Waals surface area contributed by atoms with E-state index >= 15 is 0 Å². The first-order chi connectivity index (χ1) is 11.7. The molecule has 1 aliphatic heterocycles. The average Bonchev–Trinajstić information content (AvgIpc) is 3.30. The molecule has 1 aromatic carbocycles. The van der Waals surface area contributed by atoms with Gasteiger partial charge in [-0.05, 0) is 48.4 Å². The van der Waals surface area contributed by atoms with Gasteiger partial charge >= 0.3 is 0 Å². The van der Waals surface area contributed by atoms with Crippen molar-refractivity contribution in [3.8, 4) is 11.5 Å². The summed E-state index contributed by atoms with van der Waals surface area (Å²) in [4.78, 5) is 16.0. The maximum atomic E-state index is 12.7. The van der Waals surface area contributed by atoms with Crippen molar-refractivity contribution in [2.75, 3.05) is 20.8 Å². The molecule has 1 unspecified atom stereocenters. The normalized spacial score (nSPS) is 17.1. The van der Waals surface area contributed by atoms with Gasteiger partial charge in [0.25, 0.3) is 0 Å². The molecule has 2 heterocycles. The number of likely N-dealkylation sites (tertiary alicyclic amines) is 1. The Morgan fingerprint density at radius 2 is 2.08 bits per heavy atom. The predicted molar refractivity (Wildman–Crippen MR) is 95.9 cm³/mol. The van der Waals surface area contributed by atoms with E-state index in [1.54, 1.807) is 25.6 Å². The highest BCUT2D eigenvalue weighted by Crippen LogP contribution is 2.37. The summed E-state index contributed by atoms with van der Waals surface area (Å²) >= 11 is 1.71. The fraction of sp³-hybridized carbons (Fsp3) is 0.421. The minimum Gasteiger partial charge on any atom is -0.493 e. The SMILES string of the molecule is COc1ccc(C2CCCN2C(=O)CCc2cccs2)cc1OC. The third-order valence-electron chi connectivity index (χ3n) is 4.53. The molecule has 1 atom stereocenters. The Morgan fingerprint density at radius 1 is 1.25 bits per heavy atom. The molecule has 1 aliphatic rings. The smallest absolute Gasteiger partial charge is 0.223 e. The summed E-state index contributed by atoms with van der Waals surface area (Å²) in [5.41, 5.74) is 1.12. The second kappa shape index (κ2) is 7.71. The zero-order valence-electron chi connectivity index (χ0n) is 14.2. The lowest BCUT2D eigenvalue weighted by Gasteiger charge is -2.25. The Balaban J connectivity index is 1.71. The van der Waals surface area contributed by atoms with Crippen molar-refractivity contribution in [3.05, 3.63) is 46.2 Å². The molecule has 0 aliphatic carbocycles. The van der Waals surface area contributed by atoms with Crippen molar-refractivity contribution in [2.24, 2.45) is 0 Å². The summed E-state index contributed by atoms with van der Waals surface area (Å²) in [6.07, 6.45) is 3.44. The number of rotatable bonds is 6. The van der Waals surface area contributed by atoms with Gasteiger partial charge in [-0.3, -0.25) is 4.79 Å². The van der Waals surface area contributed by atoms with Crippen LogP contribution in [0.4, 0.5) is 0 Å². The summed E-state index contributed by atoms with van der Waals surface area (Å²) in [6.45, 7) is 0.836. The van der Waals surface area contributed by atoms with Gasteiger partial charge < -0.3 is 14.4 Å².